The highest BCUT2D eigenvalue weighted by Gasteiger charge is 2.44. The van der Waals surface area contributed by atoms with Crippen LogP contribution in [0.4, 0.5) is 5.69 Å². The number of thiophene rings is 1. The Bertz CT molecular complexity index is 824. The number of aromatic nitrogens is 2. The third kappa shape index (κ3) is 2.90. The minimum Gasteiger partial charge on any atom is -0.423 e. The third-order valence-corrected chi connectivity index (χ3v) is 5.15. The predicted molar refractivity (Wildman–Crippen MR) is 88.3 cm³/mol. The zero-order valence-corrected chi connectivity index (χ0v) is 13.3. The lowest BCUT2D eigenvalue weighted by molar-refractivity contribution is -0.117. The zero-order chi connectivity index (χ0) is 15.8. The number of amides is 1. The number of anilines is 1. The van der Waals surface area contributed by atoms with E-state index in [-0.39, 0.29) is 11.8 Å². The van der Waals surface area contributed by atoms with Crippen LogP contribution in [0.2, 0.25) is 0 Å². The molecule has 3 aromatic rings. The Kier molecular flexibility index (Phi) is 3.46. The highest BCUT2D eigenvalue weighted by atomic mass is 32.1. The Labute approximate surface area is 137 Å². The molecule has 116 valence electrons. The van der Waals surface area contributed by atoms with E-state index in [9.17, 15) is 4.79 Å². The van der Waals surface area contributed by atoms with Crippen molar-refractivity contribution in [2.75, 3.05) is 5.32 Å². The van der Waals surface area contributed by atoms with E-state index in [2.05, 4.69) is 34.6 Å². The fourth-order valence-electron chi connectivity index (χ4n) is 2.68. The molecule has 1 saturated carbocycles. The summed E-state index contributed by atoms with van der Waals surface area (Å²) < 4.78 is 5.15. The summed E-state index contributed by atoms with van der Waals surface area (Å²) in [4.78, 5) is 14.9. The highest BCUT2D eigenvalue weighted by Crippen LogP contribution is 2.50. The fourth-order valence-corrected chi connectivity index (χ4v) is 3.74. The summed E-state index contributed by atoms with van der Waals surface area (Å²) in [6, 6.07) is 11.7. The van der Waals surface area contributed by atoms with Gasteiger partial charge in [0.2, 0.25) is 18.2 Å². The highest BCUT2D eigenvalue weighted by molar-refractivity contribution is 7.12. The van der Waals surface area contributed by atoms with Crippen LogP contribution in [0.1, 0.15) is 22.1 Å². The van der Waals surface area contributed by atoms with E-state index < -0.39 is 0 Å². The monoisotopic (exact) mass is 325 g/mol. The number of rotatable bonds is 4. The lowest BCUT2D eigenvalue weighted by atomic mass is 10.2. The first kappa shape index (κ1) is 14.1. The molecule has 2 heterocycles. The summed E-state index contributed by atoms with van der Waals surface area (Å²) in [6.45, 7) is 2.09. The van der Waals surface area contributed by atoms with Crippen molar-refractivity contribution in [2.45, 2.75) is 19.3 Å². The molecule has 1 fully saturated rings. The molecule has 1 aromatic carbocycles. The predicted octanol–water partition coefficient (Wildman–Crippen LogP) is 3.85. The van der Waals surface area contributed by atoms with Crippen LogP contribution in [0.15, 0.2) is 47.2 Å². The Hall–Kier alpha value is -2.47. The van der Waals surface area contributed by atoms with Crippen molar-refractivity contribution < 1.29 is 9.21 Å². The van der Waals surface area contributed by atoms with Crippen molar-refractivity contribution in [3.63, 3.8) is 0 Å². The van der Waals surface area contributed by atoms with Crippen molar-refractivity contribution in [1.29, 1.82) is 0 Å². The normalized spacial score (nSPS) is 19.5. The number of aryl methyl sites for hydroxylation is 1. The molecule has 1 N–H and O–H groups in total. The maximum atomic E-state index is 12.3. The Morgan fingerprint density at radius 3 is 2.74 bits per heavy atom. The van der Waals surface area contributed by atoms with Gasteiger partial charge in [-0.15, -0.1) is 21.5 Å². The zero-order valence-electron chi connectivity index (χ0n) is 12.5. The van der Waals surface area contributed by atoms with E-state index >= 15 is 0 Å². The molecule has 0 spiro atoms. The molecule has 1 aliphatic carbocycles. The first-order valence-corrected chi connectivity index (χ1v) is 8.26. The molecule has 0 aliphatic heterocycles. The SMILES string of the molecule is Cc1ccc([C@@H]2C[C@H]2C(=O)Nc2ccc(-c3nnco3)cc2)s1. The quantitative estimate of drug-likeness (QED) is 0.791. The molecule has 2 atom stereocenters. The average molecular weight is 325 g/mol. The molecule has 23 heavy (non-hydrogen) atoms. The molecular formula is C17H15N3O2S. The maximum Gasteiger partial charge on any atom is 0.247 e. The summed E-state index contributed by atoms with van der Waals surface area (Å²) in [7, 11) is 0. The Morgan fingerprint density at radius 2 is 2.09 bits per heavy atom. The van der Waals surface area contributed by atoms with E-state index in [1.807, 2.05) is 24.3 Å². The third-order valence-electron chi connectivity index (χ3n) is 4.01. The Morgan fingerprint density at radius 1 is 1.26 bits per heavy atom. The molecule has 5 nitrogen and oxygen atoms in total. The molecule has 0 bridgehead atoms. The molecule has 0 saturated heterocycles. The molecule has 1 amide bonds. The van der Waals surface area contributed by atoms with Crippen LogP contribution >= 0.6 is 11.3 Å². The van der Waals surface area contributed by atoms with Gasteiger partial charge in [-0.1, -0.05) is 0 Å². The van der Waals surface area contributed by atoms with Gasteiger partial charge in [-0.3, -0.25) is 4.79 Å². The van der Waals surface area contributed by atoms with Crippen LogP contribution in [0, 0.1) is 12.8 Å². The minimum atomic E-state index is 0.0867. The number of carbonyl (C=O) groups is 1. The fraction of sp³-hybridized carbons (Fsp3) is 0.235. The van der Waals surface area contributed by atoms with Crippen LogP contribution in [0.25, 0.3) is 11.5 Å². The number of hydrogen-bond donors (Lipinski definition) is 1. The smallest absolute Gasteiger partial charge is 0.247 e. The second-order valence-corrected chi connectivity index (χ2v) is 7.03. The van der Waals surface area contributed by atoms with E-state index in [1.165, 1.54) is 16.1 Å². The van der Waals surface area contributed by atoms with Gasteiger partial charge in [-0.2, -0.15) is 0 Å². The van der Waals surface area contributed by atoms with Gasteiger partial charge >= 0.3 is 0 Å². The lowest BCUT2D eigenvalue weighted by Gasteiger charge is -2.05. The first-order valence-electron chi connectivity index (χ1n) is 7.44. The standard InChI is InChI=1S/C17H15N3O2S/c1-10-2-7-15(23-10)13-8-14(13)16(21)19-12-5-3-11(4-6-12)17-20-18-9-22-17/h2-7,9,13-14H,8H2,1H3,(H,19,21)/t13-,14-/m1/s1. The summed E-state index contributed by atoms with van der Waals surface area (Å²) in [5.74, 6) is 1.03. The largest absolute Gasteiger partial charge is 0.423 e. The molecule has 6 heteroatoms. The Balaban J connectivity index is 1.40. The molecular weight excluding hydrogens is 310 g/mol. The molecule has 0 unspecified atom stereocenters. The van der Waals surface area contributed by atoms with Crippen molar-refractivity contribution in [2.24, 2.45) is 5.92 Å². The number of hydrogen-bond acceptors (Lipinski definition) is 5. The number of carbonyl (C=O) groups excluding carboxylic acids is 1. The van der Waals surface area contributed by atoms with Gasteiger partial charge in [0.25, 0.3) is 0 Å². The van der Waals surface area contributed by atoms with E-state index in [1.54, 1.807) is 11.3 Å². The van der Waals surface area contributed by atoms with E-state index in [0.717, 1.165) is 17.7 Å². The number of benzene rings is 1. The van der Waals surface area contributed by atoms with Gasteiger partial charge < -0.3 is 9.73 Å². The summed E-state index contributed by atoms with van der Waals surface area (Å²) >= 11 is 1.78. The molecule has 4 rings (SSSR count). The van der Waals surface area contributed by atoms with Crippen molar-refractivity contribution >= 4 is 22.9 Å². The van der Waals surface area contributed by atoms with Crippen LogP contribution < -0.4 is 5.32 Å². The first-order chi connectivity index (χ1) is 11.2. The van der Waals surface area contributed by atoms with Gasteiger partial charge in [-0.05, 0) is 49.7 Å². The van der Waals surface area contributed by atoms with Gasteiger partial charge in [0, 0.05) is 32.8 Å². The molecule has 2 aromatic heterocycles. The van der Waals surface area contributed by atoms with Crippen molar-refractivity contribution in [3.05, 3.63) is 52.5 Å². The number of nitrogens with zero attached hydrogens (tertiary/aromatic N) is 2. The topological polar surface area (TPSA) is 68.0 Å². The van der Waals surface area contributed by atoms with Gasteiger partial charge in [0.15, 0.2) is 0 Å². The van der Waals surface area contributed by atoms with Gasteiger partial charge in [0.1, 0.15) is 0 Å². The minimum absolute atomic E-state index is 0.0867. The van der Waals surface area contributed by atoms with Gasteiger partial charge in [0.05, 0.1) is 0 Å². The summed E-state index contributed by atoms with van der Waals surface area (Å²) in [5, 5.41) is 10.5. The van der Waals surface area contributed by atoms with Gasteiger partial charge in [-0.25, -0.2) is 0 Å². The van der Waals surface area contributed by atoms with Crippen LogP contribution in [0.5, 0.6) is 0 Å². The summed E-state index contributed by atoms with van der Waals surface area (Å²) in [5.41, 5.74) is 1.62. The van der Waals surface area contributed by atoms with Crippen molar-refractivity contribution in [3.8, 4) is 11.5 Å². The lowest BCUT2D eigenvalue weighted by Crippen LogP contribution is -2.14. The second kappa shape index (κ2) is 5.62. The van der Waals surface area contributed by atoms with Crippen molar-refractivity contribution in [1.82, 2.24) is 10.2 Å². The molecule has 0 radical (unpaired) electrons. The van der Waals surface area contributed by atoms with Crippen LogP contribution in [-0.2, 0) is 4.79 Å². The molecule has 1 aliphatic rings. The van der Waals surface area contributed by atoms with E-state index in [0.29, 0.717) is 11.8 Å². The number of nitrogens with one attached hydrogen (secondary N) is 1. The van der Waals surface area contributed by atoms with Crippen LogP contribution in [0.3, 0.4) is 0 Å². The maximum absolute atomic E-state index is 12.3. The summed E-state index contributed by atoms with van der Waals surface area (Å²) in [6.07, 6.45) is 2.23. The average Bonchev–Trinajstić information content (AvgIpc) is 2.95. The van der Waals surface area contributed by atoms with Crippen LogP contribution in [-0.4, -0.2) is 16.1 Å². The van der Waals surface area contributed by atoms with E-state index in [4.69, 9.17) is 4.42 Å². The second-order valence-electron chi connectivity index (χ2n) is 5.71.